The van der Waals surface area contributed by atoms with Crippen LogP contribution >= 0.6 is 8.24 Å². The van der Waals surface area contributed by atoms with Crippen molar-refractivity contribution in [3.63, 3.8) is 0 Å². The molecule has 7 nitrogen and oxygen atoms in total. The Labute approximate surface area is 380 Å². The SMILES string of the molecule is C=CC[C@@H](Op1oc2c(cc(OC)c3cc(OC)c4ccc5ccc6ccccc6c5c4c32)c2cc(OC)c3cc(OC)c4ccc5ccc6ccccc6c5c4c3c2o1)c1ccccc1. The van der Waals surface area contributed by atoms with E-state index in [1.807, 2.05) is 24.3 Å². The van der Waals surface area contributed by atoms with Gasteiger partial charge in [-0.2, -0.15) is 0 Å². The van der Waals surface area contributed by atoms with Crippen molar-refractivity contribution in [2.75, 3.05) is 28.4 Å². The highest BCUT2D eigenvalue weighted by Gasteiger charge is 2.26. The molecule has 0 saturated heterocycles. The second kappa shape index (κ2) is 15.8. The topological polar surface area (TPSA) is 72.4 Å². The van der Waals surface area contributed by atoms with Gasteiger partial charge in [-0.1, -0.05) is 121 Å². The number of ether oxygens (including phenoxy) is 4. The van der Waals surface area contributed by atoms with Crippen molar-refractivity contribution in [3.8, 4) is 23.0 Å². The fraction of sp³-hybridized carbons (Fsp3) is 0.103. The predicted molar refractivity (Wildman–Crippen MR) is 273 cm³/mol. The van der Waals surface area contributed by atoms with Crippen LogP contribution in [0.4, 0.5) is 0 Å². The van der Waals surface area contributed by atoms with Gasteiger partial charge in [-0.05, 0) is 91.5 Å². The third kappa shape index (κ3) is 6.01. The molecule has 0 bridgehead atoms. The number of rotatable bonds is 9. The zero-order valence-corrected chi connectivity index (χ0v) is 37.7. The molecule has 0 spiro atoms. The first-order valence-corrected chi connectivity index (χ1v) is 23.0. The van der Waals surface area contributed by atoms with Crippen LogP contribution in [0, 0.1) is 0 Å². The molecule has 0 saturated carbocycles. The van der Waals surface area contributed by atoms with Crippen LogP contribution in [0.15, 0.2) is 173 Å². The first-order chi connectivity index (χ1) is 32.5. The van der Waals surface area contributed by atoms with Gasteiger partial charge in [-0.25, -0.2) is 0 Å². The minimum atomic E-state index is -2.20. The van der Waals surface area contributed by atoms with Crippen LogP contribution in [0.1, 0.15) is 18.1 Å². The summed E-state index contributed by atoms with van der Waals surface area (Å²) >= 11 is 0. The Kier molecular flexibility index (Phi) is 9.53. The van der Waals surface area contributed by atoms with Crippen molar-refractivity contribution in [2.45, 2.75) is 12.5 Å². The van der Waals surface area contributed by atoms with E-state index in [2.05, 4.69) is 140 Å². The Bertz CT molecular complexity index is 3790. The first-order valence-electron chi connectivity index (χ1n) is 21.9. The van der Waals surface area contributed by atoms with Gasteiger partial charge in [0.2, 0.25) is 0 Å². The van der Waals surface area contributed by atoms with Crippen molar-refractivity contribution >= 4 is 116 Å². The smallest absolute Gasteiger partial charge is 0.388 e. The largest absolute Gasteiger partial charge is 0.496 e. The molecule has 0 aliphatic carbocycles. The highest BCUT2D eigenvalue weighted by Crippen LogP contribution is 2.52. The molecule has 0 aliphatic heterocycles. The van der Waals surface area contributed by atoms with Crippen molar-refractivity contribution in [1.29, 1.82) is 0 Å². The summed E-state index contributed by atoms with van der Waals surface area (Å²) in [5.74, 6) is 2.73. The minimum Gasteiger partial charge on any atom is -0.496 e. The van der Waals surface area contributed by atoms with Gasteiger partial charge in [0.05, 0.1) is 28.4 Å². The summed E-state index contributed by atoms with van der Waals surface area (Å²) in [6.45, 7) is 4.13. The van der Waals surface area contributed by atoms with Crippen molar-refractivity contribution in [2.24, 2.45) is 0 Å². The lowest BCUT2D eigenvalue weighted by Crippen LogP contribution is -2.04. The molecule has 12 rings (SSSR count). The molecule has 0 unspecified atom stereocenters. The summed E-state index contributed by atoms with van der Waals surface area (Å²) in [5, 5.41) is 17.5. The maximum absolute atomic E-state index is 7.45. The van der Waals surface area contributed by atoms with Gasteiger partial charge in [0.1, 0.15) is 29.1 Å². The molecular formula is C58H43O7P. The Morgan fingerprint density at radius 1 is 0.424 bits per heavy atom. The maximum atomic E-state index is 7.45. The summed E-state index contributed by atoms with van der Waals surface area (Å²) in [5.41, 5.74) is 2.18. The van der Waals surface area contributed by atoms with Crippen LogP contribution in [-0.4, -0.2) is 28.4 Å². The standard InChI is InChI=1S/C58H43O7P/c1-6-14-46(35-17-8-7-9-18-35)63-66-64-57-42(29-49(61-4)44-31-47(59-2)40-27-25-36-23-21-33-15-10-12-19-38(33)51(36)53(40)55(44)57)43-30-50(62-5)45-32-48(60-3)41-28-26-37-24-22-34-16-11-13-20-39(34)52(37)54(41)56(45)58(43)65-66/h6-13,15-32,46H,1,14H2,2-5H3/t46-/m1/s1. The lowest BCUT2D eigenvalue weighted by Gasteiger charge is -2.17. The van der Waals surface area contributed by atoms with Crippen LogP contribution in [0.3, 0.4) is 0 Å². The van der Waals surface area contributed by atoms with E-state index in [-0.39, 0.29) is 0 Å². The molecule has 1 atom stereocenters. The quantitative estimate of drug-likeness (QED) is 0.106. The van der Waals surface area contributed by atoms with Crippen molar-refractivity contribution < 1.29 is 31.9 Å². The number of hydrogen-bond acceptors (Lipinski definition) is 7. The average molecular weight is 883 g/mol. The molecule has 0 aliphatic rings. The highest BCUT2D eigenvalue weighted by molar-refractivity contribution is 7.31. The Morgan fingerprint density at radius 2 is 0.833 bits per heavy atom. The molecule has 66 heavy (non-hydrogen) atoms. The Morgan fingerprint density at radius 3 is 1.30 bits per heavy atom. The normalized spacial score (nSPS) is 12.4. The number of benzene rings is 11. The molecule has 0 amide bonds. The van der Waals surface area contributed by atoms with Crippen LogP contribution < -0.4 is 23.5 Å². The van der Waals surface area contributed by atoms with Crippen LogP contribution in [-0.2, 0) is 0 Å². The van der Waals surface area contributed by atoms with Gasteiger partial charge in [-0.15, -0.1) is 6.58 Å². The zero-order chi connectivity index (χ0) is 44.6. The van der Waals surface area contributed by atoms with Gasteiger partial charge in [0, 0.05) is 53.9 Å². The number of fused-ring (bicyclic) bond motifs is 19. The third-order valence-electron chi connectivity index (χ3n) is 13.2. The molecule has 322 valence electrons. The lowest BCUT2D eigenvalue weighted by molar-refractivity contribution is 0.266. The molecule has 0 N–H and O–H groups in total. The van der Waals surface area contributed by atoms with Gasteiger partial charge >= 0.3 is 8.24 Å². The maximum Gasteiger partial charge on any atom is 0.388 e. The van der Waals surface area contributed by atoms with Crippen LogP contribution in [0.5, 0.6) is 23.0 Å². The van der Waals surface area contributed by atoms with E-state index >= 15 is 0 Å². The number of hydrogen-bond donors (Lipinski definition) is 0. The summed E-state index contributed by atoms with van der Waals surface area (Å²) in [4.78, 5) is 0. The average Bonchev–Trinajstić information content (AvgIpc) is 3.52. The van der Waals surface area contributed by atoms with Crippen molar-refractivity contribution in [3.05, 3.63) is 170 Å². The minimum absolute atomic E-state index is 0.433. The van der Waals surface area contributed by atoms with E-state index in [0.29, 0.717) is 29.1 Å². The van der Waals surface area contributed by atoms with Crippen molar-refractivity contribution in [1.82, 2.24) is 0 Å². The van der Waals surface area contributed by atoms with E-state index in [0.717, 1.165) is 114 Å². The zero-order valence-electron chi connectivity index (χ0n) is 36.8. The molecule has 1 aromatic heterocycles. The summed E-state index contributed by atoms with van der Waals surface area (Å²) < 4.78 is 47.3. The second-order valence-electron chi connectivity index (χ2n) is 16.6. The molecule has 11 aromatic carbocycles. The highest BCUT2D eigenvalue weighted by atomic mass is 31.1. The summed E-state index contributed by atoms with van der Waals surface area (Å²) in [6.07, 6.45) is 1.97. The number of methoxy groups -OCH3 is 4. The molecular weight excluding hydrogens is 840 g/mol. The monoisotopic (exact) mass is 882 g/mol. The van der Waals surface area contributed by atoms with Crippen LogP contribution in [0.2, 0.25) is 0 Å². The van der Waals surface area contributed by atoms with E-state index in [1.165, 1.54) is 0 Å². The van der Waals surface area contributed by atoms with Gasteiger partial charge < -0.3 is 27.3 Å². The predicted octanol–water partition coefficient (Wildman–Crippen LogP) is 16.3. The van der Waals surface area contributed by atoms with E-state index in [4.69, 9.17) is 31.9 Å². The van der Waals surface area contributed by atoms with Gasteiger partial charge in [-0.3, -0.25) is 4.52 Å². The summed E-state index contributed by atoms with van der Waals surface area (Å²) in [6, 6.07) is 52.7. The molecule has 8 heteroatoms. The fourth-order valence-corrected chi connectivity index (χ4v) is 11.5. The molecule has 12 aromatic rings. The molecule has 1 heterocycles. The van der Waals surface area contributed by atoms with Crippen LogP contribution in [0.25, 0.3) is 108 Å². The molecule has 0 radical (unpaired) electrons. The second-order valence-corrected chi connectivity index (χ2v) is 17.6. The summed E-state index contributed by atoms with van der Waals surface area (Å²) in [7, 11) is 4.64. The molecule has 0 fully saturated rings. The Hall–Kier alpha value is -7.70. The Balaban J connectivity index is 1.38. The van der Waals surface area contributed by atoms with E-state index in [1.54, 1.807) is 28.4 Å². The van der Waals surface area contributed by atoms with E-state index < -0.39 is 14.3 Å². The lowest BCUT2D eigenvalue weighted by atomic mass is 9.90. The van der Waals surface area contributed by atoms with E-state index in [9.17, 15) is 0 Å². The third-order valence-corrected chi connectivity index (χ3v) is 14.3. The van der Waals surface area contributed by atoms with Gasteiger partial charge in [0.25, 0.3) is 0 Å². The van der Waals surface area contributed by atoms with Gasteiger partial charge in [0.15, 0.2) is 11.2 Å². The fourth-order valence-electron chi connectivity index (χ4n) is 10.3. The first kappa shape index (κ1) is 39.9.